The number of unbranched alkanes of at least 4 members (excludes halogenated alkanes) is 18. The highest BCUT2D eigenvalue weighted by atomic mass is 16.6. The van der Waals surface area contributed by atoms with Crippen LogP contribution in [0, 0.1) is 0 Å². The maximum Gasteiger partial charge on any atom is 0.306 e. The first kappa shape index (κ1) is 55.1. The molecule has 0 N–H and O–H groups in total. The fourth-order valence-corrected chi connectivity index (χ4v) is 6.35. The summed E-state index contributed by atoms with van der Waals surface area (Å²) < 4.78 is 17.3. The van der Waals surface area contributed by atoms with Gasteiger partial charge in [0.1, 0.15) is 6.61 Å². The van der Waals surface area contributed by atoms with Gasteiger partial charge < -0.3 is 14.2 Å². The molecule has 0 radical (unpaired) electrons. The highest BCUT2D eigenvalue weighted by Crippen LogP contribution is 2.13. The molecule has 1 unspecified atom stereocenters. The second kappa shape index (κ2) is 48.4. The molecule has 0 aliphatic heterocycles. The van der Waals surface area contributed by atoms with Gasteiger partial charge in [0, 0.05) is 19.4 Å². The summed E-state index contributed by atoms with van der Waals surface area (Å²) in [6, 6.07) is 0. The number of ether oxygens (including phenoxy) is 3. The molecule has 0 bridgehead atoms. The molecule has 0 saturated carbocycles. The van der Waals surface area contributed by atoms with Crippen LogP contribution >= 0.6 is 0 Å². The van der Waals surface area contributed by atoms with E-state index in [-0.39, 0.29) is 25.2 Å². The SMILES string of the molecule is CC/C=C\C/C=C\C/C=C\C/C=C\C/C=C\CCCC(=O)OCC(COCCCCCCCCCCCCCC)OC(=O)CCCCCCC/C=C\C/C=C\CCC. The van der Waals surface area contributed by atoms with Crippen molar-refractivity contribution in [3.8, 4) is 0 Å². The van der Waals surface area contributed by atoms with E-state index < -0.39 is 6.10 Å². The molecular weight excluding hydrogens is 717 g/mol. The number of carbonyl (C=O) groups is 2. The molecule has 0 aliphatic rings. The topological polar surface area (TPSA) is 61.8 Å². The van der Waals surface area contributed by atoms with Crippen molar-refractivity contribution < 1.29 is 23.8 Å². The van der Waals surface area contributed by atoms with Crippen LogP contribution in [0.5, 0.6) is 0 Å². The van der Waals surface area contributed by atoms with E-state index in [4.69, 9.17) is 14.2 Å². The van der Waals surface area contributed by atoms with Crippen LogP contribution in [0.3, 0.4) is 0 Å². The Labute approximate surface area is 359 Å². The summed E-state index contributed by atoms with van der Waals surface area (Å²) >= 11 is 0. The molecule has 0 fully saturated rings. The van der Waals surface area contributed by atoms with E-state index in [0.717, 1.165) is 96.3 Å². The number of allylic oxidation sites excluding steroid dienone is 14. The van der Waals surface area contributed by atoms with Crippen molar-refractivity contribution in [1.82, 2.24) is 0 Å². The van der Waals surface area contributed by atoms with Crippen molar-refractivity contribution in [2.45, 2.75) is 219 Å². The molecule has 0 aromatic carbocycles. The lowest BCUT2D eigenvalue weighted by molar-refractivity contribution is -0.163. The van der Waals surface area contributed by atoms with Gasteiger partial charge in [-0.2, -0.15) is 0 Å². The Hall–Kier alpha value is -2.92. The predicted octanol–water partition coefficient (Wildman–Crippen LogP) is 16.1. The van der Waals surface area contributed by atoms with Crippen molar-refractivity contribution in [2.24, 2.45) is 0 Å². The maximum atomic E-state index is 12.7. The molecule has 58 heavy (non-hydrogen) atoms. The standard InChI is InChI=1S/C53H90O5/c1-4-7-10-13-16-19-22-25-26-27-28-30-31-34-37-40-43-46-52(54)57-50-51(49-56-48-45-42-39-36-33-24-21-18-15-12-9-6-3)58-53(55)47-44-41-38-35-32-29-23-20-17-14-11-8-5-2/h7,10-11,14,16,19-20,23,25-26,28,30,34,37,51H,4-6,8-9,12-13,15,17-18,21-22,24,27,29,31-33,35-36,38-50H2,1-3H3/b10-7-,14-11-,19-16-,23-20-,26-25-,30-28-,37-34-. The van der Waals surface area contributed by atoms with Crippen molar-refractivity contribution in [2.75, 3.05) is 19.8 Å². The molecule has 5 heteroatoms. The lowest BCUT2D eigenvalue weighted by atomic mass is 10.1. The fraction of sp³-hybridized carbons (Fsp3) is 0.698. The number of rotatable bonds is 43. The Morgan fingerprint density at radius 2 is 0.828 bits per heavy atom. The van der Waals surface area contributed by atoms with Gasteiger partial charge in [-0.05, 0) is 83.5 Å². The summed E-state index contributed by atoms with van der Waals surface area (Å²) in [7, 11) is 0. The Morgan fingerprint density at radius 1 is 0.397 bits per heavy atom. The molecule has 0 aromatic rings. The monoisotopic (exact) mass is 807 g/mol. The highest BCUT2D eigenvalue weighted by Gasteiger charge is 2.17. The minimum atomic E-state index is -0.566. The third-order valence-electron chi connectivity index (χ3n) is 9.90. The van der Waals surface area contributed by atoms with E-state index in [1.54, 1.807) is 0 Å². The smallest absolute Gasteiger partial charge is 0.306 e. The van der Waals surface area contributed by atoms with Gasteiger partial charge in [-0.1, -0.05) is 202 Å². The van der Waals surface area contributed by atoms with Crippen LogP contribution in [0.1, 0.15) is 213 Å². The Morgan fingerprint density at radius 3 is 1.36 bits per heavy atom. The first-order valence-electron chi connectivity index (χ1n) is 24.1. The summed E-state index contributed by atoms with van der Waals surface area (Å²) in [4.78, 5) is 25.3. The molecule has 0 saturated heterocycles. The molecule has 0 aromatic heterocycles. The first-order chi connectivity index (χ1) is 28.6. The van der Waals surface area contributed by atoms with Crippen LogP contribution < -0.4 is 0 Å². The third-order valence-corrected chi connectivity index (χ3v) is 9.90. The van der Waals surface area contributed by atoms with Crippen LogP contribution in [0.15, 0.2) is 85.1 Å². The van der Waals surface area contributed by atoms with Crippen LogP contribution in [-0.4, -0.2) is 37.9 Å². The second-order valence-electron chi connectivity index (χ2n) is 15.6. The van der Waals surface area contributed by atoms with Gasteiger partial charge in [0.25, 0.3) is 0 Å². The minimum Gasteiger partial charge on any atom is -0.462 e. The molecule has 5 nitrogen and oxygen atoms in total. The number of hydrogen-bond acceptors (Lipinski definition) is 5. The zero-order valence-electron chi connectivity index (χ0n) is 38.0. The lowest BCUT2D eigenvalue weighted by Crippen LogP contribution is -2.30. The molecule has 1 atom stereocenters. The molecule has 0 aliphatic carbocycles. The quantitative estimate of drug-likeness (QED) is 0.0349. The zero-order valence-corrected chi connectivity index (χ0v) is 38.0. The van der Waals surface area contributed by atoms with Gasteiger partial charge in [-0.15, -0.1) is 0 Å². The largest absolute Gasteiger partial charge is 0.462 e. The van der Waals surface area contributed by atoms with Crippen molar-refractivity contribution in [3.05, 3.63) is 85.1 Å². The van der Waals surface area contributed by atoms with Crippen molar-refractivity contribution in [1.29, 1.82) is 0 Å². The second-order valence-corrected chi connectivity index (χ2v) is 15.6. The van der Waals surface area contributed by atoms with Gasteiger partial charge >= 0.3 is 11.9 Å². The summed E-state index contributed by atoms with van der Waals surface area (Å²) in [5.41, 5.74) is 0. The van der Waals surface area contributed by atoms with E-state index >= 15 is 0 Å². The number of carbonyl (C=O) groups excluding carboxylic acids is 2. The molecule has 0 rings (SSSR count). The normalized spacial score (nSPS) is 12.9. The van der Waals surface area contributed by atoms with Crippen LogP contribution in [0.25, 0.3) is 0 Å². The van der Waals surface area contributed by atoms with Gasteiger partial charge in [0.2, 0.25) is 0 Å². The summed E-state index contributed by atoms with van der Waals surface area (Å²) in [6.07, 6.45) is 63.0. The maximum absolute atomic E-state index is 12.7. The number of hydrogen-bond donors (Lipinski definition) is 0. The summed E-state index contributed by atoms with van der Waals surface area (Å²) in [5, 5.41) is 0. The minimum absolute atomic E-state index is 0.0482. The predicted molar refractivity (Wildman–Crippen MR) is 251 cm³/mol. The highest BCUT2D eigenvalue weighted by molar-refractivity contribution is 5.70. The average molecular weight is 807 g/mol. The summed E-state index contributed by atoms with van der Waals surface area (Å²) in [5.74, 6) is -0.482. The number of esters is 2. The van der Waals surface area contributed by atoms with Crippen LogP contribution in [-0.2, 0) is 23.8 Å². The van der Waals surface area contributed by atoms with Gasteiger partial charge in [-0.3, -0.25) is 9.59 Å². The molecule has 0 amide bonds. The van der Waals surface area contributed by atoms with E-state index in [0.29, 0.717) is 19.4 Å². The van der Waals surface area contributed by atoms with E-state index in [2.05, 4.69) is 106 Å². The third kappa shape index (κ3) is 45.8. The first-order valence-corrected chi connectivity index (χ1v) is 24.1. The van der Waals surface area contributed by atoms with Crippen molar-refractivity contribution in [3.63, 3.8) is 0 Å². The van der Waals surface area contributed by atoms with E-state index in [1.807, 2.05) is 0 Å². The Balaban J connectivity index is 4.37. The Kier molecular flexibility index (Phi) is 46.0. The molecule has 332 valence electrons. The van der Waals surface area contributed by atoms with Gasteiger partial charge in [-0.25, -0.2) is 0 Å². The molecule has 0 heterocycles. The average Bonchev–Trinajstić information content (AvgIpc) is 3.22. The van der Waals surface area contributed by atoms with Gasteiger partial charge in [0.05, 0.1) is 6.61 Å². The van der Waals surface area contributed by atoms with Gasteiger partial charge in [0.15, 0.2) is 6.10 Å². The lowest BCUT2D eigenvalue weighted by Gasteiger charge is -2.18. The van der Waals surface area contributed by atoms with Crippen molar-refractivity contribution >= 4 is 11.9 Å². The van der Waals surface area contributed by atoms with E-state index in [9.17, 15) is 9.59 Å². The van der Waals surface area contributed by atoms with Crippen LogP contribution in [0.4, 0.5) is 0 Å². The summed E-state index contributed by atoms with van der Waals surface area (Å²) in [6.45, 7) is 7.57. The van der Waals surface area contributed by atoms with Crippen LogP contribution in [0.2, 0.25) is 0 Å². The Bertz CT molecular complexity index is 1090. The fourth-order valence-electron chi connectivity index (χ4n) is 6.35. The zero-order chi connectivity index (χ0) is 42.1. The van der Waals surface area contributed by atoms with E-state index in [1.165, 1.54) is 83.5 Å². The molecular formula is C53H90O5. The molecule has 0 spiro atoms.